The van der Waals surface area contributed by atoms with Crippen molar-refractivity contribution in [3.05, 3.63) is 71.9 Å². The molecule has 3 aromatic rings. The average Bonchev–Trinajstić information content (AvgIpc) is 2.78. The van der Waals surface area contributed by atoms with Crippen LogP contribution in [0, 0.1) is 0 Å². The van der Waals surface area contributed by atoms with E-state index in [4.69, 9.17) is 4.74 Å². The number of hydrogen-bond donors (Lipinski definition) is 0. The second-order valence-corrected chi connectivity index (χ2v) is 8.74. The molecule has 0 unspecified atom stereocenters. The third kappa shape index (κ3) is 4.12. The minimum atomic E-state index is -4.71. The Hall–Kier alpha value is -3.21. The number of alkyl halides is 5. The summed E-state index contributed by atoms with van der Waals surface area (Å²) in [5.41, 5.74) is -0.914. The Bertz CT molecular complexity index is 1260. The SMILES string of the molecule is O=S(=O)(c1cccc(C(F)(F)F)c1)N1CCOc2ccc(-c3cccc(C(F)F)n3)cc21. The third-order valence-electron chi connectivity index (χ3n) is 4.82. The summed E-state index contributed by atoms with van der Waals surface area (Å²) in [4.78, 5) is 3.37. The molecule has 2 aromatic carbocycles. The lowest BCUT2D eigenvalue weighted by Gasteiger charge is -2.31. The fraction of sp³-hybridized carbons (Fsp3) is 0.190. The number of sulfonamides is 1. The summed E-state index contributed by atoms with van der Waals surface area (Å²) in [6.07, 6.45) is -7.49. The lowest BCUT2D eigenvalue weighted by atomic mass is 10.1. The molecule has 1 aliphatic rings. The van der Waals surface area contributed by atoms with Gasteiger partial charge in [-0.15, -0.1) is 0 Å². The number of rotatable bonds is 4. The second kappa shape index (κ2) is 8.05. The van der Waals surface area contributed by atoms with E-state index in [9.17, 15) is 30.4 Å². The number of fused-ring (bicyclic) bond motifs is 1. The summed E-state index contributed by atoms with van der Waals surface area (Å²) in [7, 11) is -4.37. The summed E-state index contributed by atoms with van der Waals surface area (Å²) in [5, 5.41) is 0. The second-order valence-electron chi connectivity index (χ2n) is 6.88. The fourth-order valence-electron chi connectivity index (χ4n) is 3.30. The Morgan fingerprint density at radius 2 is 1.75 bits per heavy atom. The van der Waals surface area contributed by atoms with Crippen LogP contribution in [0.2, 0.25) is 0 Å². The van der Waals surface area contributed by atoms with Gasteiger partial charge < -0.3 is 4.74 Å². The summed E-state index contributed by atoms with van der Waals surface area (Å²) < 4.78 is 98.1. The molecule has 0 atom stereocenters. The van der Waals surface area contributed by atoms with Gasteiger partial charge in [-0.05, 0) is 48.5 Å². The van der Waals surface area contributed by atoms with Crippen LogP contribution in [0.3, 0.4) is 0 Å². The van der Waals surface area contributed by atoms with Crippen LogP contribution in [0.5, 0.6) is 5.75 Å². The number of pyridine rings is 1. The van der Waals surface area contributed by atoms with Crippen molar-refractivity contribution in [2.24, 2.45) is 0 Å². The van der Waals surface area contributed by atoms with Gasteiger partial charge in [0.1, 0.15) is 18.1 Å². The van der Waals surface area contributed by atoms with Crippen molar-refractivity contribution >= 4 is 15.7 Å². The number of anilines is 1. The van der Waals surface area contributed by atoms with E-state index in [-0.39, 0.29) is 30.3 Å². The summed E-state index contributed by atoms with van der Waals surface area (Å²) >= 11 is 0. The molecule has 0 fully saturated rings. The maximum absolute atomic E-state index is 13.2. The monoisotopic (exact) mass is 470 g/mol. The number of benzene rings is 2. The number of halogens is 5. The zero-order valence-electron chi connectivity index (χ0n) is 16.2. The number of ether oxygens (including phenoxy) is 1. The largest absolute Gasteiger partial charge is 0.489 e. The summed E-state index contributed by atoms with van der Waals surface area (Å²) in [6, 6.07) is 11.9. The maximum Gasteiger partial charge on any atom is 0.416 e. The Morgan fingerprint density at radius 1 is 1.00 bits per heavy atom. The molecule has 32 heavy (non-hydrogen) atoms. The topological polar surface area (TPSA) is 59.5 Å². The van der Waals surface area contributed by atoms with Crippen molar-refractivity contribution < 1.29 is 35.1 Å². The first-order valence-electron chi connectivity index (χ1n) is 9.30. The van der Waals surface area contributed by atoms with Crippen molar-refractivity contribution in [2.75, 3.05) is 17.5 Å². The van der Waals surface area contributed by atoms with Gasteiger partial charge in [-0.25, -0.2) is 22.2 Å². The quantitative estimate of drug-likeness (QED) is 0.486. The normalized spacial score (nSPS) is 14.2. The van der Waals surface area contributed by atoms with Crippen molar-refractivity contribution in [1.82, 2.24) is 4.98 Å². The molecular formula is C21H15F5N2O3S. The first-order valence-corrected chi connectivity index (χ1v) is 10.7. The molecule has 0 saturated heterocycles. The lowest BCUT2D eigenvalue weighted by molar-refractivity contribution is -0.137. The first kappa shape index (κ1) is 22.0. The van der Waals surface area contributed by atoms with Crippen LogP contribution < -0.4 is 9.04 Å². The van der Waals surface area contributed by atoms with Gasteiger partial charge in [-0.3, -0.25) is 4.31 Å². The molecule has 0 amide bonds. The molecule has 1 aromatic heterocycles. The molecule has 0 N–H and O–H groups in total. The highest BCUT2D eigenvalue weighted by atomic mass is 32.2. The first-order chi connectivity index (χ1) is 15.1. The predicted molar refractivity (Wildman–Crippen MR) is 106 cm³/mol. The average molecular weight is 470 g/mol. The molecule has 0 spiro atoms. The van der Waals surface area contributed by atoms with E-state index in [2.05, 4.69) is 4.98 Å². The zero-order chi connectivity index (χ0) is 23.1. The van der Waals surface area contributed by atoms with E-state index >= 15 is 0 Å². The molecule has 0 radical (unpaired) electrons. The Balaban J connectivity index is 1.78. The Morgan fingerprint density at radius 3 is 2.47 bits per heavy atom. The van der Waals surface area contributed by atoms with E-state index in [0.717, 1.165) is 22.5 Å². The zero-order valence-corrected chi connectivity index (χ0v) is 17.0. The van der Waals surface area contributed by atoms with Crippen LogP contribution >= 0.6 is 0 Å². The van der Waals surface area contributed by atoms with Gasteiger partial charge in [0.25, 0.3) is 16.4 Å². The van der Waals surface area contributed by atoms with Crippen LogP contribution in [-0.4, -0.2) is 26.6 Å². The number of nitrogens with zero attached hydrogens (tertiary/aromatic N) is 2. The van der Waals surface area contributed by atoms with Crippen LogP contribution in [0.4, 0.5) is 27.6 Å². The van der Waals surface area contributed by atoms with Gasteiger partial charge >= 0.3 is 6.18 Å². The molecule has 5 nitrogen and oxygen atoms in total. The summed E-state index contributed by atoms with van der Waals surface area (Å²) in [5.74, 6) is 0.195. The molecule has 1 aliphatic heterocycles. The highest BCUT2D eigenvalue weighted by Crippen LogP contribution is 2.39. The summed E-state index contributed by atoms with van der Waals surface area (Å²) in [6.45, 7) is -0.150. The van der Waals surface area contributed by atoms with Gasteiger partial charge in [0, 0.05) is 5.56 Å². The third-order valence-corrected chi connectivity index (χ3v) is 6.63. The van der Waals surface area contributed by atoms with Gasteiger partial charge in [0.05, 0.1) is 28.4 Å². The van der Waals surface area contributed by atoms with Crippen LogP contribution in [0.1, 0.15) is 17.7 Å². The molecule has 2 heterocycles. The fourth-order valence-corrected chi connectivity index (χ4v) is 4.79. The van der Waals surface area contributed by atoms with Gasteiger partial charge in [-0.1, -0.05) is 12.1 Å². The smallest absolute Gasteiger partial charge is 0.416 e. The highest BCUT2D eigenvalue weighted by molar-refractivity contribution is 7.92. The van der Waals surface area contributed by atoms with Gasteiger partial charge in [0.15, 0.2) is 0 Å². The molecular weight excluding hydrogens is 455 g/mol. The minimum Gasteiger partial charge on any atom is -0.489 e. The molecule has 11 heteroatoms. The highest BCUT2D eigenvalue weighted by Gasteiger charge is 2.35. The standard InChI is InChI=1S/C21H15F5N2O3S/c22-20(23)17-6-2-5-16(27-17)13-7-8-19-18(11-13)28(9-10-31-19)32(29,30)15-4-1-3-14(12-15)21(24,25)26/h1-8,11-12,20H,9-10H2. The van der Waals surface area contributed by atoms with E-state index in [1.807, 2.05) is 0 Å². The van der Waals surface area contributed by atoms with E-state index in [1.54, 1.807) is 0 Å². The van der Waals surface area contributed by atoms with Crippen molar-refractivity contribution in [1.29, 1.82) is 0 Å². The predicted octanol–water partition coefficient (Wildman–Crippen LogP) is 5.29. The van der Waals surface area contributed by atoms with Gasteiger partial charge in [0.2, 0.25) is 0 Å². The number of aromatic nitrogens is 1. The van der Waals surface area contributed by atoms with Crippen LogP contribution in [-0.2, 0) is 16.2 Å². The van der Waals surface area contributed by atoms with Gasteiger partial charge in [-0.2, -0.15) is 13.2 Å². The maximum atomic E-state index is 13.2. The Kier molecular flexibility index (Phi) is 5.53. The van der Waals surface area contributed by atoms with E-state index in [1.165, 1.54) is 36.4 Å². The number of hydrogen-bond acceptors (Lipinski definition) is 4. The molecule has 4 rings (SSSR count). The van der Waals surface area contributed by atoms with Crippen molar-refractivity contribution in [3.63, 3.8) is 0 Å². The Labute approximate surface area is 180 Å². The van der Waals surface area contributed by atoms with E-state index < -0.39 is 38.8 Å². The lowest BCUT2D eigenvalue weighted by Crippen LogP contribution is -2.38. The van der Waals surface area contributed by atoms with Crippen molar-refractivity contribution in [3.8, 4) is 17.0 Å². The molecule has 168 valence electrons. The molecule has 0 aliphatic carbocycles. The van der Waals surface area contributed by atoms with Crippen molar-refractivity contribution in [2.45, 2.75) is 17.5 Å². The van der Waals surface area contributed by atoms with Crippen LogP contribution in [0.25, 0.3) is 11.3 Å². The van der Waals surface area contributed by atoms with Crippen LogP contribution in [0.15, 0.2) is 65.6 Å². The minimum absolute atomic E-state index is 0.0103. The molecule has 0 bridgehead atoms. The molecule has 0 saturated carbocycles. The van der Waals surface area contributed by atoms with E-state index in [0.29, 0.717) is 11.6 Å².